The maximum absolute atomic E-state index is 3.45. The first-order valence-electron chi connectivity index (χ1n) is 11.7. The first-order chi connectivity index (χ1) is 15.3. The van der Waals surface area contributed by atoms with Crippen molar-refractivity contribution in [3.8, 4) is 23.7 Å². The van der Waals surface area contributed by atoms with Crippen molar-refractivity contribution in [2.75, 3.05) is 0 Å². The van der Waals surface area contributed by atoms with Crippen LogP contribution in [0.1, 0.15) is 87.8 Å². The van der Waals surface area contributed by atoms with Crippen LogP contribution < -0.4 is 0 Å². The van der Waals surface area contributed by atoms with Crippen LogP contribution in [0.5, 0.6) is 0 Å². The van der Waals surface area contributed by atoms with Crippen molar-refractivity contribution in [2.24, 2.45) is 0 Å². The van der Waals surface area contributed by atoms with Crippen molar-refractivity contribution in [2.45, 2.75) is 78.1 Å². The first-order valence-corrected chi connectivity index (χ1v) is 14.2. The Balaban J connectivity index is 1.62. The van der Waals surface area contributed by atoms with Gasteiger partial charge in [0, 0.05) is 43.1 Å². The summed E-state index contributed by atoms with van der Waals surface area (Å²) in [4.78, 5) is 2.39. The predicted molar refractivity (Wildman–Crippen MR) is 144 cm³/mol. The summed E-state index contributed by atoms with van der Waals surface area (Å²) in [7, 11) is 0. The average Bonchev–Trinajstić information content (AvgIpc) is 3.50. The smallest absolute Gasteiger partial charge is 0.0781 e. The Morgan fingerprint density at radius 1 is 0.645 bits per heavy atom. The lowest BCUT2D eigenvalue weighted by Crippen LogP contribution is -1.73. The summed E-state index contributed by atoms with van der Waals surface area (Å²) in [6.45, 7) is 4.51. The number of unbranched alkanes of at least 4 members (excludes halogenated alkanes) is 8. The molecule has 0 nitrogen and oxygen atoms in total. The largest absolute Gasteiger partial charge is 0.143 e. The minimum Gasteiger partial charge on any atom is -0.143 e. The van der Waals surface area contributed by atoms with Crippen molar-refractivity contribution < 1.29 is 0 Å². The molecule has 0 spiro atoms. The van der Waals surface area contributed by atoms with Gasteiger partial charge < -0.3 is 0 Å². The van der Waals surface area contributed by atoms with E-state index in [1.54, 1.807) is 0 Å². The van der Waals surface area contributed by atoms with Crippen LogP contribution in [0.15, 0.2) is 23.6 Å². The van der Waals surface area contributed by atoms with Crippen LogP contribution in [0.4, 0.5) is 0 Å². The molecule has 3 heterocycles. The normalized spacial score (nSPS) is 11.0. The molecule has 31 heavy (non-hydrogen) atoms. The molecule has 0 unspecified atom stereocenters. The molecular formula is C28H30S3. The van der Waals surface area contributed by atoms with Crippen molar-refractivity contribution in [3.05, 3.63) is 33.3 Å². The van der Waals surface area contributed by atoms with Gasteiger partial charge in [0.05, 0.1) is 9.75 Å². The van der Waals surface area contributed by atoms with E-state index in [4.69, 9.17) is 0 Å². The maximum atomic E-state index is 3.45. The van der Waals surface area contributed by atoms with Crippen LogP contribution in [-0.2, 0) is 0 Å². The molecule has 0 radical (unpaired) electrons. The van der Waals surface area contributed by atoms with Gasteiger partial charge in [-0.1, -0.05) is 76.1 Å². The summed E-state index contributed by atoms with van der Waals surface area (Å²) >= 11 is 5.56. The Morgan fingerprint density at radius 3 is 1.77 bits per heavy atom. The van der Waals surface area contributed by atoms with E-state index < -0.39 is 0 Å². The number of rotatable bonds is 8. The highest BCUT2D eigenvalue weighted by Crippen LogP contribution is 2.44. The third-order valence-electron chi connectivity index (χ3n) is 5.60. The van der Waals surface area contributed by atoms with E-state index in [1.165, 1.54) is 91.4 Å². The Kier molecular flexibility index (Phi) is 8.09. The molecule has 0 aliphatic heterocycles. The van der Waals surface area contributed by atoms with Gasteiger partial charge in [-0.2, -0.15) is 0 Å². The minimum absolute atomic E-state index is 1.01. The number of hydrogen-bond donors (Lipinski definition) is 0. The summed E-state index contributed by atoms with van der Waals surface area (Å²) in [6, 6.07) is 6.90. The highest BCUT2D eigenvalue weighted by atomic mass is 32.1. The quantitative estimate of drug-likeness (QED) is 0.180. The molecule has 160 valence electrons. The number of thiophene rings is 3. The number of benzene rings is 1. The van der Waals surface area contributed by atoms with Gasteiger partial charge in [0.1, 0.15) is 0 Å². The molecule has 3 aromatic heterocycles. The number of fused-ring (bicyclic) bond motifs is 6. The lowest BCUT2D eigenvalue weighted by Gasteiger charge is -1.96. The van der Waals surface area contributed by atoms with E-state index in [0.717, 1.165) is 12.8 Å². The summed E-state index contributed by atoms with van der Waals surface area (Å²) in [5.41, 5.74) is 0. The Morgan fingerprint density at radius 2 is 1.19 bits per heavy atom. The van der Waals surface area contributed by atoms with Gasteiger partial charge in [-0.05, 0) is 36.4 Å². The lowest BCUT2D eigenvalue weighted by atomic mass is 10.1. The fourth-order valence-corrected chi connectivity index (χ4v) is 7.17. The minimum atomic E-state index is 1.01. The van der Waals surface area contributed by atoms with Gasteiger partial charge in [0.15, 0.2) is 0 Å². The Labute approximate surface area is 198 Å². The fourth-order valence-electron chi connectivity index (χ4n) is 3.92. The second-order valence-electron chi connectivity index (χ2n) is 8.10. The first kappa shape index (κ1) is 22.4. The summed E-state index contributed by atoms with van der Waals surface area (Å²) in [5, 5.41) is 6.33. The van der Waals surface area contributed by atoms with Crippen LogP contribution >= 0.6 is 34.0 Å². The number of hydrogen-bond acceptors (Lipinski definition) is 3. The van der Waals surface area contributed by atoms with E-state index in [0.29, 0.717) is 0 Å². The lowest BCUT2D eigenvalue weighted by molar-refractivity contribution is 0.679. The van der Waals surface area contributed by atoms with Gasteiger partial charge in [-0.3, -0.25) is 0 Å². The zero-order valence-corrected chi connectivity index (χ0v) is 21.1. The molecule has 0 aliphatic rings. The highest BCUT2D eigenvalue weighted by Gasteiger charge is 2.15. The van der Waals surface area contributed by atoms with Gasteiger partial charge in [-0.25, -0.2) is 0 Å². The summed E-state index contributed by atoms with van der Waals surface area (Å²) in [6.07, 6.45) is 12.2. The standard InChI is InChI=1S/C28H30S3/c1-3-5-7-9-11-13-15-21-19-24-26-23(17-18-29-26)27-25(28(24)31-21)20-22(30-27)16-14-12-10-8-6-4-2/h17-20H,3-12H2,1-2H3. The van der Waals surface area contributed by atoms with Crippen molar-refractivity contribution in [1.82, 2.24) is 0 Å². The van der Waals surface area contributed by atoms with E-state index in [1.807, 2.05) is 34.0 Å². The molecule has 0 saturated heterocycles. The van der Waals surface area contributed by atoms with Crippen molar-refractivity contribution >= 4 is 64.3 Å². The molecule has 0 fully saturated rings. The molecule has 0 amide bonds. The predicted octanol–water partition coefficient (Wildman–Crippen LogP) is 9.97. The van der Waals surface area contributed by atoms with Crippen LogP contribution in [0.2, 0.25) is 0 Å². The summed E-state index contributed by atoms with van der Waals surface area (Å²) in [5.74, 6) is 13.7. The molecule has 0 N–H and O–H groups in total. The third kappa shape index (κ3) is 5.35. The van der Waals surface area contributed by atoms with Crippen LogP contribution in [0, 0.1) is 23.7 Å². The van der Waals surface area contributed by atoms with E-state index in [2.05, 4.69) is 61.1 Å². The third-order valence-corrected chi connectivity index (χ3v) is 8.71. The summed E-state index contributed by atoms with van der Waals surface area (Å²) < 4.78 is 4.17. The molecule has 4 aromatic rings. The van der Waals surface area contributed by atoms with Gasteiger partial charge >= 0.3 is 0 Å². The molecule has 0 atom stereocenters. The topological polar surface area (TPSA) is 0 Å². The Hall–Kier alpha value is -1.78. The molecule has 1 aromatic carbocycles. The van der Waals surface area contributed by atoms with Gasteiger partial charge in [0.25, 0.3) is 0 Å². The van der Waals surface area contributed by atoms with Crippen LogP contribution in [-0.4, -0.2) is 0 Å². The van der Waals surface area contributed by atoms with Crippen LogP contribution in [0.3, 0.4) is 0 Å². The maximum Gasteiger partial charge on any atom is 0.0781 e. The SMILES string of the molecule is CCCCCCC#Cc1cc2c(s1)c1ccsc1c1cc(C#CCCCCCC)sc12. The van der Waals surface area contributed by atoms with E-state index >= 15 is 0 Å². The Bertz CT molecular complexity index is 1180. The van der Waals surface area contributed by atoms with Gasteiger partial charge in [-0.15, -0.1) is 34.0 Å². The highest BCUT2D eigenvalue weighted by molar-refractivity contribution is 7.26. The van der Waals surface area contributed by atoms with E-state index in [9.17, 15) is 0 Å². The van der Waals surface area contributed by atoms with Crippen molar-refractivity contribution in [1.29, 1.82) is 0 Å². The second-order valence-corrected chi connectivity index (χ2v) is 11.1. The molecule has 0 bridgehead atoms. The zero-order chi connectivity index (χ0) is 21.5. The van der Waals surface area contributed by atoms with E-state index in [-0.39, 0.29) is 0 Å². The zero-order valence-electron chi connectivity index (χ0n) is 18.6. The van der Waals surface area contributed by atoms with Crippen molar-refractivity contribution in [3.63, 3.8) is 0 Å². The molecule has 0 saturated carbocycles. The molecule has 0 aliphatic carbocycles. The molecular weight excluding hydrogens is 433 g/mol. The second kappa shape index (κ2) is 11.2. The monoisotopic (exact) mass is 462 g/mol. The van der Waals surface area contributed by atoms with Crippen LogP contribution in [0.25, 0.3) is 30.3 Å². The fraction of sp³-hybridized carbons (Fsp3) is 0.429. The average molecular weight is 463 g/mol. The van der Waals surface area contributed by atoms with Gasteiger partial charge in [0.2, 0.25) is 0 Å². The molecule has 4 rings (SSSR count). The molecule has 3 heteroatoms.